The van der Waals surface area contributed by atoms with E-state index in [1.54, 1.807) is 0 Å². The molecule has 1 aliphatic heterocycles. The fourth-order valence-electron chi connectivity index (χ4n) is 2.12. The molecule has 80 valence electrons. The highest BCUT2D eigenvalue weighted by Crippen LogP contribution is 2.23. The Hall–Kier alpha value is -0.410. The van der Waals surface area contributed by atoms with Gasteiger partial charge in [-0.05, 0) is 31.6 Å². The van der Waals surface area contributed by atoms with E-state index in [1.807, 2.05) is 0 Å². The van der Waals surface area contributed by atoms with Crippen LogP contribution in [0.4, 0.5) is 0 Å². The van der Waals surface area contributed by atoms with Gasteiger partial charge in [0.25, 0.3) is 0 Å². The summed E-state index contributed by atoms with van der Waals surface area (Å²) in [7, 11) is 0. The number of rotatable bonds is 3. The van der Waals surface area contributed by atoms with Crippen LogP contribution >= 0.6 is 0 Å². The lowest BCUT2D eigenvalue weighted by atomic mass is 10.1. The van der Waals surface area contributed by atoms with E-state index in [1.165, 1.54) is 6.42 Å². The first-order valence-corrected chi connectivity index (χ1v) is 5.59. The molecule has 0 radical (unpaired) electrons. The van der Waals surface area contributed by atoms with Crippen LogP contribution in [0.1, 0.15) is 38.5 Å². The maximum Gasteiger partial charge on any atom is 0.157 e. The van der Waals surface area contributed by atoms with Gasteiger partial charge in [0.05, 0.1) is 6.61 Å². The Balaban J connectivity index is 1.63. The minimum atomic E-state index is -0.000507. The zero-order valence-electron chi connectivity index (χ0n) is 8.54. The van der Waals surface area contributed by atoms with Crippen molar-refractivity contribution in [2.24, 2.45) is 5.92 Å². The highest BCUT2D eigenvalue weighted by molar-refractivity contribution is 5.80. The summed E-state index contributed by atoms with van der Waals surface area (Å²) in [5.74, 6) is 0.844. The number of carbonyl (C=O) groups excluding carboxylic acids is 1. The van der Waals surface area contributed by atoms with Crippen LogP contribution in [-0.2, 0) is 14.3 Å². The molecule has 0 bridgehead atoms. The molecule has 2 aliphatic rings. The third kappa shape index (κ3) is 2.79. The molecule has 2 unspecified atom stereocenters. The van der Waals surface area contributed by atoms with Crippen LogP contribution in [-0.4, -0.2) is 25.3 Å². The van der Waals surface area contributed by atoms with Gasteiger partial charge in [-0.15, -0.1) is 0 Å². The van der Waals surface area contributed by atoms with E-state index in [2.05, 4.69) is 0 Å². The molecule has 1 heterocycles. The Morgan fingerprint density at radius 2 is 2.29 bits per heavy atom. The molecule has 0 aromatic heterocycles. The van der Waals surface area contributed by atoms with Crippen molar-refractivity contribution < 1.29 is 14.3 Å². The van der Waals surface area contributed by atoms with Crippen molar-refractivity contribution in [3.05, 3.63) is 0 Å². The van der Waals surface area contributed by atoms with Crippen molar-refractivity contribution >= 4 is 5.78 Å². The van der Waals surface area contributed by atoms with Gasteiger partial charge < -0.3 is 9.47 Å². The largest absolute Gasteiger partial charge is 0.353 e. The van der Waals surface area contributed by atoms with Gasteiger partial charge in [-0.1, -0.05) is 0 Å². The monoisotopic (exact) mass is 198 g/mol. The summed E-state index contributed by atoms with van der Waals surface area (Å²) in [6.45, 7) is 1.53. The Bertz CT molecular complexity index is 197. The van der Waals surface area contributed by atoms with Crippen LogP contribution in [0, 0.1) is 5.92 Å². The molecule has 3 heteroatoms. The van der Waals surface area contributed by atoms with Crippen molar-refractivity contribution in [1.29, 1.82) is 0 Å². The second-order valence-electron chi connectivity index (χ2n) is 4.28. The average Bonchev–Trinajstić information content (AvgIpc) is 2.63. The number of hydrogen-bond donors (Lipinski definition) is 0. The van der Waals surface area contributed by atoms with E-state index in [9.17, 15) is 4.79 Å². The summed E-state index contributed by atoms with van der Waals surface area (Å²) in [6, 6.07) is 0. The number of carbonyl (C=O) groups is 1. The number of ketones is 1. The molecule has 0 aromatic carbocycles. The molecule has 0 aromatic rings. The summed E-state index contributed by atoms with van der Waals surface area (Å²) in [5.41, 5.74) is 0. The molecular formula is C11H18O3. The summed E-state index contributed by atoms with van der Waals surface area (Å²) >= 11 is 0. The molecule has 0 N–H and O–H groups in total. The molecule has 2 atom stereocenters. The molecule has 0 spiro atoms. The highest BCUT2D eigenvalue weighted by Gasteiger charge is 2.24. The zero-order chi connectivity index (χ0) is 9.80. The van der Waals surface area contributed by atoms with Gasteiger partial charge in [-0.2, -0.15) is 0 Å². The van der Waals surface area contributed by atoms with E-state index in [0.29, 0.717) is 24.7 Å². The van der Waals surface area contributed by atoms with E-state index in [0.717, 1.165) is 32.3 Å². The van der Waals surface area contributed by atoms with Gasteiger partial charge in [0.1, 0.15) is 5.78 Å². The van der Waals surface area contributed by atoms with E-state index in [4.69, 9.17) is 9.47 Å². The summed E-state index contributed by atoms with van der Waals surface area (Å²) in [6.07, 6.45) is 5.84. The van der Waals surface area contributed by atoms with Crippen LogP contribution in [0.15, 0.2) is 0 Å². The van der Waals surface area contributed by atoms with Crippen LogP contribution in [0.5, 0.6) is 0 Å². The minimum Gasteiger partial charge on any atom is -0.353 e. The van der Waals surface area contributed by atoms with Gasteiger partial charge in [0.2, 0.25) is 0 Å². The Labute approximate surface area is 84.8 Å². The fourth-order valence-corrected chi connectivity index (χ4v) is 2.12. The molecule has 1 saturated heterocycles. The lowest BCUT2D eigenvalue weighted by Crippen LogP contribution is -2.24. The summed E-state index contributed by atoms with van der Waals surface area (Å²) in [4.78, 5) is 11.0. The predicted molar refractivity (Wildman–Crippen MR) is 51.9 cm³/mol. The second-order valence-corrected chi connectivity index (χ2v) is 4.28. The molecular weight excluding hydrogens is 180 g/mol. The van der Waals surface area contributed by atoms with Gasteiger partial charge in [-0.25, -0.2) is 0 Å². The van der Waals surface area contributed by atoms with Gasteiger partial charge in [0, 0.05) is 19.4 Å². The summed E-state index contributed by atoms with van der Waals surface area (Å²) < 4.78 is 11.1. The maximum absolute atomic E-state index is 11.0. The van der Waals surface area contributed by atoms with Crippen molar-refractivity contribution in [1.82, 2.24) is 0 Å². The third-order valence-electron chi connectivity index (χ3n) is 3.00. The molecule has 0 amide bonds. The lowest BCUT2D eigenvalue weighted by molar-refractivity contribution is -0.168. The molecule has 2 rings (SSSR count). The van der Waals surface area contributed by atoms with Crippen LogP contribution in [0.2, 0.25) is 0 Å². The number of Topliss-reactive ketones (excluding diaryl/α,β-unsaturated/α-hetero) is 1. The first-order valence-electron chi connectivity index (χ1n) is 5.59. The Morgan fingerprint density at radius 3 is 2.93 bits per heavy atom. The predicted octanol–water partition coefficient (Wildman–Crippen LogP) is 1.90. The third-order valence-corrected chi connectivity index (χ3v) is 3.00. The van der Waals surface area contributed by atoms with Crippen molar-refractivity contribution in [3.8, 4) is 0 Å². The average molecular weight is 198 g/mol. The fraction of sp³-hybridized carbons (Fsp3) is 0.909. The Morgan fingerprint density at radius 1 is 1.36 bits per heavy atom. The van der Waals surface area contributed by atoms with Gasteiger partial charge in [0.15, 0.2) is 6.29 Å². The second kappa shape index (κ2) is 4.89. The van der Waals surface area contributed by atoms with E-state index >= 15 is 0 Å². The normalized spacial score (nSPS) is 33.6. The van der Waals surface area contributed by atoms with Crippen molar-refractivity contribution in [3.63, 3.8) is 0 Å². The maximum atomic E-state index is 11.0. The van der Waals surface area contributed by atoms with Crippen LogP contribution < -0.4 is 0 Å². The molecule has 1 saturated carbocycles. The highest BCUT2D eigenvalue weighted by atomic mass is 16.7. The van der Waals surface area contributed by atoms with E-state index < -0.39 is 0 Å². The van der Waals surface area contributed by atoms with Crippen molar-refractivity contribution in [2.45, 2.75) is 44.8 Å². The topological polar surface area (TPSA) is 35.5 Å². The minimum absolute atomic E-state index is 0.000507. The van der Waals surface area contributed by atoms with Crippen LogP contribution in [0.3, 0.4) is 0 Å². The first kappa shape index (κ1) is 10.1. The quantitative estimate of drug-likeness (QED) is 0.694. The summed E-state index contributed by atoms with van der Waals surface area (Å²) in [5, 5.41) is 0. The SMILES string of the molecule is O=C1CCC(COC2CCCCO2)C1. The molecule has 1 aliphatic carbocycles. The zero-order valence-corrected chi connectivity index (χ0v) is 8.54. The number of hydrogen-bond acceptors (Lipinski definition) is 3. The first-order chi connectivity index (χ1) is 6.84. The smallest absolute Gasteiger partial charge is 0.157 e. The van der Waals surface area contributed by atoms with Gasteiger partial charge in [-0.3, -0.25) is 4.79 Å². The van der Waals surface area contributed by atoms with Crippen LogP contribution in [0.25, 0.3) is 0 Å². The van der Waals surface area contributed by atoms with Crippen molar-refractivity contribution in [2.75, 3.05) is 13.2 Å². The molecule has 14 heavy (non-hydrogen) atoms. The van der Waals surface area contributed by atoms with E-state index in [-0.39, 0.29) is 6.29 Å². The number of ether oxygens (including phenoxy) is 2. The standard InChI is InChI=1S/C11H18O3/c12-10-5-4-9(7-10)8-14-11-3-1-2-6-13-11/h9,11H,1-8H2. The molecule has 2 fully saturated rings. The van der Waals surface area contributed by atoms with Gasteiger partial charge >= 0.3 is 0 Å². The molecule has 3 nitrogen and oxygen atoms in total. The lowest BCUT2D eigenvalue weighted by Gasteiger charge is -2.23. The Kier molecular flexibility index (Phi) is 3.54.